The highest BCUT2D eigenvalue weighted by molar-refractivity contribution is 5.95. The molecular formula is C21H18FN5O2. The maximum absolute atomic E-state index is 13.0. The van der Waals surface area contributed by atoms with Crippen LogP contribution in [0.1, 0.15) is 27.5 Å². The predicted molar refractivity (Wildman–Crippen MR) is 104 cm³/mol. The Morgan fingerprint density at radius 3 is 2.48 bits per heavy atom. The van der Waals surface area contributed by atoms with E-state index in [0.717, 1.165) is 16.8 Å². The maximum Gasteiger partial charge on any atom is 0.255 e. The smallest absolute Gasteiger partial charge is 0.255 e. The molecule has 2 heterocycles. The first-order chi connectivity index (χ1) is 14.0. The average molecular weight is 391 g/mol. The summed E-state index contributed by atoms with van der Waals surface area (Å²) in [6.07, 6.45) is 1.68. The molecule has 0 saturated carbocycles. The molecule has 29 heavy (non-hydrogen) atoms. The van der Waals surface area contributed by atoms with Crippen LogP contribution in [-0.2, 0) is 6.54 Å². The molecule has 0 bridgehead atoms. The van der Waals surface area contributed by atoms with Crippen LogP contribution in [0.4, 0.5) is 4.39 Å². The van der Waals surface area contributed by atoms with Crippen molar-refractivity contribution in [2.24, 2.45) is 0 Å². The van der Waals surface area contributed by atoms with Crippen molar-refractivity contribution in [3.05, 3.63) is 83.3 Å². The van der Waals surface area contributed by atoms with E-state index in [1.165, 1.54) is 12.1 Å². The molecule has 0 aliphatic heterocycles. The van der Waals surface area contributed by atoms with E-state index in [-0.39, 0.29) is 11.7 Å². The first-order valence-corrected chi connectivity index (χ1v) is 8.99. The van der Waals surface area contributed by atoms with Crippen LogP contribution in [0.15, 0.2) is 59.3 Å². The Morgan fingerprint density at radius 2 is 1.83 bits per heavy atom. The highest BCUT2D eigenvalue weighted by Gasteiger charge is 2.14. The lowest BCUT2D eigenvalue weighted by atomic mass is 10.2. The van der Waals surface area contributed by atoms with Crippen molar-refractivity contribution in [3.8, 4) is 17.1 Å². The van der Waals surface area contributed by atoms with Crippen LogP contribution in [-0.4, -0.2) is 25.8 Å². The zero-order valence-electron chi connectivity index (χ0n) is 15.9. The number of benzene rings is 2. The number of hydrogen-bond acceptors (Lipinski definition) is 5. The lowest BCUT2D eigenvalue weighted by Crippen LogP contribution is -2.23. The van der Waals surface area contributed by atoms with Gasteiger partial charge in [-0.25, -0.2) is 9.07 Å². The number of halogens is 1. The minimum absolute atomic E-state index is 0.239. The fourth-order valence-electron chi connectivity index (χ4n) is 2.87. The Hall–Kier alpha value is -3.81. The van der Waals surface area contributed by atoms with E-state index >= 15 is 0 Å². The fraction of sp³-hybridized carbons (Fsp3) is 0.143. The Kier molecular flexibility index (Phi) is 4.90. The van der Waals surface area contributed by atoms with Crippen molar-refractivity contribution in [3.63, 3.8) is 0 Å². The van der Waals surface area contributed by atoms with Gasteiger partial charge in [0.2, 0.25) is 11.7 Å². The lowest BCUT2D eigenvalue weighted by molar-refractivity contribution is 0.0950. The quantitative estimate of drug-likeness (QED) is 0.562. The van der Waals surface area contributed by atoms with Crippen LogP contribution in [0.2, 0.25) is 0 Å². The number of nitrogens with one attached hydrogen (secondary N) is 1. The molecule has 0 atom stereocenters. The van der Waals surface area contributed by atoms with Crippen LogP contribution in [0.5, 0.6) is 0 Å². The largest absolute Gasteiger partial charge is 0.348 e. The second kappa shape index (κ2) is 7.67. The van der Waals surface area contributed by atoms with E-state index in [1.54, 1.807) is 36.9 Å². The van der Waals surface area contributed by atoms with E-state index in [1.807, 2.05) is 24.3 Å². The van der Waals surface area contributed by atoms with Gasteiger partial charge in [-0.3, -0.25) is 4.79 Å². The van der Waals surface area contributed by atoms with Crippen LogP contribution >= 0.6 is 0 Å². The van der Waals surface area contributed by atoms with Gasteiger partial charge in [-0.15, -0.1) is 0 Å². The van der Waals surface area contributed by atoms with Crippen molar-refractivity contribution in [2.75, 3.05) is 0 Å². The molecule has 0 saturated heterocycles. The number of aryl methyl sites for hydroxylation is 2. The summed E-state index contributed by atoms with van der Waals surface area (Å²) in [7, 11) is 0. The molecule has 146 valence electrons. The van der Waals surface area contributed by atoms with Gasteiger partial charge in [0, 0.05) is 25.2 Å². The van der Waals surface area contributed by atoms with Gasteiger partial charge in [0.05, 0.1) is 16.9 Å². The van der Waals surface area contributed by atoms with E-state index in [9.17, 15) is 9.18 Å². The van der Waals surface area contributed by atoms with Crippen LogP contribution < -0.4 is 5.32 Å². The number of hydrogen-bond donors (Lipinski definition) is 1. The van der Waals surface area contributed by atoms with Gasteiger partial charge < -0.3 is 9.84 Å². The molecule has 2 aromatic carbocycles. The molecule has 4 aromatic rings. The molecule has 8 heteroatoms. The highest BCUT2D eigenvalue weighted by Crippen LogP contribution is 2.19. The first kappa shape index (κ1) is 18.5. The van der Waals surface area contributed by atoms with Gasteiger partial charge >= 0.3 is 0 Å². The van der Waals surface area contributed by atoms with Gasteiger partial charge in [0.15, 0.2) is 0 Å². The molecule has 0 spiro atoms. The molecule has 4 rings (SSSR count). The monoisotopic (exact) mass is 391 g/mol. The highest BCUT2D eigenvalue weighted by atomic mass is 19.1. The molecule has 1 amide bonds. The second-order valence-corrected chi connectivity index (χ2v) is 6.57. The van der Waals surface area contributed by atoms with Crippen molar-refractivity contribution < 1.29 is 13.7 Å². The Balaban J connectivity index is 1.48. The molecule has 0 aliphatic carbocycles. The summed E-state index contributed by atoms with van der Waals surface area (Å²) in [5.74, 6) is 0.476. The minimum Gasteiger partial charge on any atom is -0.348 e. The molecular weight excluding hydrogens is 373 g/mol. The summed E-state index contributed by atoms with van der Waals surface area (Å²) >= 11 is 0. The van der Waals surface area contributed by atoms with Crippen molar-refractivity contribution in [1.29, 1.82) is 0 Å². The number of rotatable bonds is 5. The van der Waals surface area contributed by atoms with Gasteiger partial charge in [-0.1, -0.05) is 17.3 Å². The number of amides is 1. The minimum atomic E-state index is -0.308. The Bertz CT molecular complexity index is 1150. The van der Waals surface area contributed by atoms with Crippen molar-refractivity contribution >= 4 is 5.91 Å². The van der Waals surface area contributed by atoms with Crippen molar-refractivity contribution in [2.45, 2.75) is 20.4 Å². The normalized spacial score (nSPS) is 10.9. The molecule has 0 fully saturated rings. The molecule has 2 aromatic heterocycles. The Morgan fingerprint density at radius 1 is 1.10 bits per heavy atom. The molecule has 1 N–H and O–H groups in total. The van der Waals surface area contributed by atoms with Gasteiger partial charge in [0.25, 0.3) is 5.91 Å². The van der Waals surface area contributed by atoms with Crippen LogP contribution in [0.25, 0.3) is 17.1 Å². The fourth-order valence-corrected chi connectivity index (χ4v) is 2.87. The summed E-state index contributed by atoms with van der Waals surface area (Å²) in [5.41, 5.74) is 3.53. The van der Waals surface area contributed by atoms with Gasteiger partial charge in [0.1, 0.15) is 5.82 Å². The van der Waals surface area contributed by atoms with Gasteiger partial charge in [-0.05, 0) is 48.9 Å². The summed E-state index contributed by atoms with van der Waals surface area (Å²) < 4.78 is 19.6. The topological polar surface area (TPSA) is 85.8 Å². The summed E-state index contributed by atoms with van der Waals surface area (Å²) in [6.45, 7) is 3.82. The second-order valence-electron chi connectivity index (χ2n) is 6.57. The lowest BCUT2D eigenvalue weighted by Gasteiger charge is -2.04. The number of carbonyl (C=O) groups excluding carboxylic acids is 1. The summed E-state index contributed by atoms with van der Waals surface area (Å²) in [5, 5.41) is 11.2. The van der Waals surface area contributed by atoms with Crippen LogP contribution in [0.3, 0.4) is 0 Å². The molecule has 0 aliphatic rings. The Labute approximate surface area is 166 Å². The third-order valence-corrected chi connectivity index (χ3v) is 4.43. The molecule has 0 radical (unpaired) electrons. The molecule has 0 unspecified atom stereocenters. The van der Waals surface area contributed by atoms with Crippen molar-refractivity contribution in [1.82, 2.24) is 25.2 Å². The summed E-state index contributed by atoms with van der Waals surface area (Å²) in [6, 6.07) is 13.5. The summed E-state index contributed by atoms with van der Waals surface area (Å²) in [4.78, 5) is 16.7. The predicted octanol–water partition coefficient (Wildman–Crippen LogP) is 3.61. The number of nitrogens with zero attached hydrogens (tertiary/aromatic N) is 4. The third kappa shape index (κ3) is 4.06. The molecule has 7 nitrogen and oxygen atoms in total. The number of aromatic nitrogens is 4. The van der Waals surface area contributed by atoms with E-state index in [4.69, 9.17) is 4.52 Å². The average Bonchev–Trinajstić information content (AvgIpc) is 3.33. The van der Waals surface area contributed by atoms with Crippen LogP contribution in [0, 0.1) is 19.7 Å². The first-order valence-electron chi connectivity index (χ1n) is 8.99. The standard InChI is InChI=1S/C21H18FN5O2/c1-13-19(21(28)23-11-15-3-7-17(22)8-4-15)12-27(25-13)18-9-5-16(6-10-18)20-24-14(2)29-26-20/h3-10,12H,11H2,1-2H3,(H,23,28). The zero-order chi connectivity index (χ0) is 20.4. The van der Waals surface area contributed by atoms with E-state index < -0.39 is 0 Å². The van der Waals surface area contributed by atoms with Gasteiger partial charge in [-0.2, -0.15) is 10.1 Å². The zero-order valence-corrected chi connectivity index (χ0v) is 15.9. The maximum atomic E-state index is 13.0. The van der Waals surface area contributed by atoms with E-state index in [2.05, 4.69) is 20.6 Å². The number of carbonyl (C=O) groups is 1. The SMILES string of the molecule is Cc1nc(-c2ccc(-n3cc(C(=O)NCc4ccc(F)cc4)c(C)n3)cc2)no1. The van der Waals surface area contributed by atoms with E-state index in [0.29, 0.717) is 29.5 Å². The third-order valence-electron chi connectivity index (χ3n) is 4.43.